The molecule has 0 aliphatic carbocycles. The van der Waals surface area contributed by atoms with Gasteiger partial charge >= 0.3 is 0 Å². The zero-order valence-electron chi connectivity index (χ0n) is 17.7. The van der Waals surface area contributed by atoms with Crippen molar-refractivity contribution in [1.82, 2.24) is 14.9 Å². The monoisotopic (exact) mass is 408 g/mol. The van der Waals surface area contributed by atoms with Gasteiger partial charge in [0.2, 0.25) is 0 Å². The van der Waals surface area contributed by atoms with Crippen molar-refractivity contribution in [2.24, 2.45) is 5.10 Å². The molecule has 3 aromatic rings. The van der Waals surface area contributed by atoms with E-state index in [4.69, 9.17) is 14.2 Å². The number of rotatable bonds is 8. The Morgan fingerprint density at radius 3 is 2.33 bits per heavy atom. The second-order valence-electron chi connectivity index (χ2n) is 6.63. The number of ether oxygens (including phenoxy) is 3. The van der Waals surface area contributed by atoms with Gasteiger partial charge in [-0.1, -0.05) is 12.1 Å². The zero-order chi connectivity index (χ0) is 21.7. The van der Waals surface area contributed by atoms with E-state index in [1.165, 1.54) is 6.92 Å². The second-order valence-corrected chi connectivity index (χ2v) is 6.63. The van der Waals surface area contributed by atoms with Gasteiger partial charge in [0.25, 0.3) is 0 Å². The highest BCUT2D eigenvalue weighted by molar-refractivity contribution is 5.94. The number of carbonyl (C=O) groups is 1. The van der Waals surface area contributed by atoms with Gasteiger partial charge in [0.1, 0.15) is 12.4 Å². The summed E-state index contributed by atoms with van der Waals surface area (Å²) in [6.45, 7) is 5.47. The molecule has 0 spiro atoms. The van der Waals surface area contributed by atoms with Gasteiger partial charge in [-0.25, -0.2) is 4.68 Å². The Morgan fingerprint density at radius 1 is 1.00 bits per heavy atom. The molecule has 0 radical (unpaired) electrons. The van der Waals surface area contributed by atoms with Crippen LogP contribution in [0.3, 0.4) is 0 Å². The second kappa shape index (κ2) is 9.21. The molecule has 0 saturated heterocycles. The largest absolute Gasteiger partial charge is 0.496 e. The Kier molecular flexibility index (Phi) is 6.46. The lowest BCUT2D eigenvalue weighted by Crippen LogP contribution is -2.02. The molecule has 1 heterocycles. The molecule has 0 aliphatic rings. The topological polar surface area (TPSA) is 87.8 Å². The number of aryl methyl sites for hydroxylation is 2. The average Bonchev–Trinajstić information content (AvgIpc) is 3.07. The van der Waals surface area contributed by atoms with Crippen molar-refractivity contribution >= 4 is 12.0 Å². The Balaban J connectivity index is 1.77. The van der Waals surface area contributed by atoms with E-state index in [2.05, 4.69) is 15.3 Å². The summed E-state index contributed by atoms with van der Waals surface area (Å²) in [5.41, 5.74) is 2.26. The molecule has 0 N–H and O–H groups in total. The molecule has 0 bridgehead atoms. The summed E-state index contributed by atoms with van der Waals surface area (Å²) < 4.78 is 18.5. The van der Waals surface area contributed by atoms with Crippen LogP contribution in [0.2, 0.25) is 0 Å². The van der Waals surface area contributed by atoms with Crippen LogP contribution in [0.1, 0.15) is 40.1 Å². The van der Waals surface area contributed by atoms with Crippen LogP contribution in [0.25, 0.3) is 0 Å². The van der Waals surface area contributed by atoms with Crippen LogP contribution < -0.4 is 14.2 Å². The quantitative estimate of drug-likeness (QED) is 0.418. The average molecular weight is 408 g/mol. The minimum absolute atomic E-state index is 0.0171. The Bertz CT molecular complexity index is 1070. The standard InChI is InChI=1S/C22H24N4O4/c1-14(27)18-7-8-19(21(11-18)28-4)13-30-20-9-6-17(10-22(20)29-5)12-23-26-15(2)24-25-16(26)3/h6-12H,13H2,1-5H3/b23-12-. The molecule has 30 heavy (non-hydrogen) atoms. The maximum absolute atomic E-state index is 11.6. The number of nitrogens with zero attached hydrogens (tertiary/aromatic N) is 4. The molecular weight excluding hydrogens is 384 g/mol. The van der Waals surface area contributed by atoms with Crippen molar-refractivity contribution in [2.75, 3.05) is 14.2 Å². The lowest BCUT2D eigenvalue weighted by Gasteiger charge is -2.14. The van der Waals surface area contributed by atoms with Crippen LogP contribution in [-0.2, 0) is 6.61 Å². The number of aromatic nitrogens is 3. The summed E-state index contributed by atoms with van der Waals surface area (Å²) in [7, 11) is 3.15. The number of carbonyl (C=O) groups excluding carboxylic acids is 1. The van der Waals surface area contributed by atoms with Gasteiger partial charge in [0.15, 0.2) is 28.9 Å². The fourth-order valence-corrected chi connectivity index (χ4v) is 2.88. The number of ketones is 1. The highest BCUT2D eigenvalue weighted by atomic mass is 16.5. The van der Waals surface area contributed by atoms with Crippen molar-refractivity contribution < 1.29 is 19.0 Å². The molecule has 0 atom stereocenters. The summed E-state index contributed by atoms with van der Waals surface area (Å²) in [5, 5.41) is 12.4. The number of Topliss-reactive ketones (excluding diaryl/α,β-unsaturated/α-hetero) is 1. The molecule has 0 aliphatic heterocycles. The summed E-state index contributed by atoms with van der Waals surface area (Å²) >= 11 is 0. The summed E-state index contributed by atoms with van der Waals surface area (Å²) in [5.74, 6) is 3.17. The molecule has 0 unspecified atom stereocenters. The minimum atomic E-state index is -0.0171. The number of hydrogen-bond donors (Lipinski definition) is 0. The van der Waals surface area contributed by atoms with Crippen LogP contribution >= 0.6 is 0 Å². The third-order valence-corrected chi connectivity index (χ3v) is 4.54. The molecular formula is C22H24N4O4. The first kappa shape index (κ1) is 21.0. The van der Waals surface area contributed by atoms with Gasteiger partial charge in [-0.2, -0.15) is 5.10 Å². The maximum atomic E-state index is 11.6. The first-order valence-electron chi connectivity index (χ1n) is 9.34. The van der Waals surface area contributed by atoms with E-state index in [1.54, 1.807) is 37.2 Å². The van der Waals surface area contributed by atoms with Crippen molar-refractivity contribution in [2.45, 2.75) is 27.4 Å². The molecule has 2 aromatic carbocycles. The number of methoxy groups -OCH3 is 2. The smallest absolute Gasteiger partial charge is 0.161 e. The van der Waals surface area contributed by atoms with E-state index in [0.717, 1.165) is 11.1 Å². The minimum Gasteiger partial charge on any atom is -0.496 e. The Labute approximate surface area is 175 Å². The van der Waals surface area contributed by atoms with Gasteiger partial charge in [-0.05, 0) is 50.6 Å². The van der Waals surface area contributed by atoms with E-state index in [1.807, 2.05) is 38.1 Å². The SMILES string of the molecule is COc1cc(C(C)=O)ccc1COc1ccc(/C=N\n2c(C)nnc2C)cc1OC. The van der Waals surface area contributed by atoms with Crippen LogP contribution in [0.15, 0.2) is 41.5 Å². The van der Waals surface area contributed by atoms with Crippen LogP contribution in [-0.4, -0.2) is 41.1 Å². The number of hydrogen-bond acceptors (Lipinski definition) is 7. The highest BCUT2D eigenvalue weighted by Gasteiger charge is 2.11. The van der Waals surface area contributed by atoms with E-state index >= 15 is 0 Å². The van der Waals surface area contributed by atoms with Crippen molar-refractivity contribution in [3.8, 4) is 17.2 Å². The van der Waals surface area contributed by atoms with Crippen LogP contribution in [0.5, 0.6) is 17.2 Å². The molecule has 0 saturated carbocycles. The van der Waals surface area contributed by atoms with E-state index in [0.29, 0.717) is 34.5 Å². The molecule has 156 valence electrons. The number of benzene rings is 2. The normalized spacial score (nSPS) is 11.0. The molecule has 8 nitrogen and oxygen atoms in total. The molecule has 1 aromatic heterocycles. The van der Waals surface area contributed by atoms with Gasteiger partial charge in [0, 0.05) is 11.1 Å². The fourth-order valence-electron chi connectivity index (χ4n) is 2.88. The van der Waals surface area contributed by atoms with Crippen LogP contribution in [0, 0.1) is 13.8 Å². The van der Waals surface area contributed by atoms with Gasteiger partial charge in [0.05, 0.1) is 20.4 Å². The molecule has 0 amide bonds. The highest BCUT2D eigenvalue weighted by Crippen LogP contribution is 2.30. The van der Waals surface area contributed by atoms with E-state index < -0.39 is 0 Å². The summed E-state index contributed by atoms with van der Waals surface area (Å²) in [6.07, 6.45) is 1.71. The maximum Gasteiger partial charge on any atom is 0.161 e. The molecule has 8 heteroatoms. The first-order chi connectivity index (χ1) is 14.4. The summed E-state index contributed by atoms with van der Waals surface area (Å²) in [4.78, 5) is 11.6. The Morgan fingerprint density at radius 2 is 1.70 bits per heavy atom. The van der Waals surface area contributed by atoms with Gasteiger partial charge < -0.3 is 14.2 Å². The Hall–Kier alpha value is -3.68. The van der Waals surface area contributed by atoms with Crippen molar-refractivity contribution in [1.29, 1.82) is 0 Å². The van der Waals surface area contributed by atoms with Gasteiger partial charge in [-0.15, -0.1) is 10.2 Å². The first-order valence-corrected chi connectivity index (χ1v) is 9.34. The van der Waals surface area contributed by atoms with Crippen LogP contribution in [0.4, 0.5) is 0 Å². The summed E-state index contributed by atoms with van der Waals surface area (Å²) in [6, 6.07) is 10.8. The third-order valence-electron chi connectivity index (χ3n) is 4.54. The van der Waals surface area contributed by atoms with E-state index in [-0.39, 0.29) is 12.4 Å². The van der Waals surface area contributed by atoms with E-state index in [9.17, 15) is 4.79 Å². The van der Waals surface area contributed by atoms with Crippen molar-refractivity contribution in [3.05, 3.63) is 64.7 Å². The lowest BCUT2D eigenvalue weighted by molar-refractivity contribution is 0.101. The molecule has 3 rings (SSSR count). The zero-order valence-corrected chi connectivity index (χ0v) is 17.7. The van der Waals surface area contributed by atoms with Gasteiger partial charge in [-0.3, -0.25) is 4.79 Å². The van der Waals surface area contributed by atoms with Crippen molar-refractivity contribution in [3.63, 3.8) is 0 Å². The third kappa shape index (κ3) is 4.65. The fraction of sp³-hybridized carbons (Fsp3) is 0.273. The predicted molar refractivity (Wildman–Crippen MR) is 113 cm³/mol. The predicted octanol–water partition coefficient (Wildman–Crippen LogP) is 3.58. The lowest BCUT2D eigenvalue weighted by atomic mass is 10.1. The molecule has 0 fully saturated rings.